The highest BCUT2D eigenvalue weighted by Gasteiger charge is 2.37. The summed E-state index contributed by atoms with van der Waals surface area (Å²) in [6.07, 6.45) is 6.39. The van der Waals surface area contributed by atoms with Gasteiger partial charge < -0.3 is 10.2 Å². The maximum atomic E-state index is 13.0. The van der Waals surface area contributed by atoms with Gasteiger partial charge in [0.05, 0.1) is 12.1 Å². The second kappa shape index (κ2) is 7.01. The zero-order valence-corrected chi connectivity index (χ0v) is 14.5. The molecule has 0 aliphatic carbocycles. The molecule has 23 heavy (non-hydrogen) atoms. The van der Waals surface area contributed by atoms with Gasteiger partial charge >= 0.3 is 0 Å². The monoisotopic (exact) mass is 319 g/mol. The molecule has 1 aromatic heterocycles. The minimum atomic E-state index is 0.0284. The number of rotatable bonds is 5. The summed E-state index contributed by atoms with van der Waals surface area (Å²) in [5.41, 5.74) is 1.17. The van der Waals surface area contributed by atoms with Gasteiger partial charge in [0.2, 0.25) is 5.91 Å². The lowest BCUT2D eigenvalue weighted by atomic mass is 9.90. The molecule has 1 amide bonds. The topological polar surface area (TPSA) is 53.4 Å². The van der Waals surface area contributed by atoms with Gasteiger partial charge in [-0.25, -0.2) is 0 Å². The van der Waals surface area contributed by atoms with Gasteiger partial charge in [-0.3, -0.25) is 14.4 Å². The molecule has 0 radical (unpaired) electrons. The van der Waals surface area contributed by atoms with Crippen molar-refractivity contribution in [3.63, 3.8) is 0 Å². The van der Waals surface area contributed by atoms with Gasteiger partial charge in [0, 0.05) is 51.9 Å². The first-order valence-electron chi connectivity index (χ1n) is 8.78. The second-order valence-electron chi connectivity index (χ2n) is 6.96. The van der Waals surface area contributed by atoms with Gasteiger partial charge in [0.25, 0.3) is 0 Å². The standard InChI is InChI=1S/C17H29N5O/c1-4-22-7-5-6-14(22)12-20(2)17(23)16-10-18-9-15(16)13-8-19-21(3)11-13/h8,11,14-16,18H,4-7,9-10,12H2,1-3H3/t14?,15-,16+/m1/s1. The summed E-state index contributed by atoms with van der Waals surface area (Å²) < 4.78 is 1.82. The number of aryl methyl sites for hydroxylation is 1. The molecule has 2 aliphatic rings. The molecule has 3 atom stereocenters. The molecular formula is C17H29N5O. The van der Waals surface area contributed by atoms with E-state index in [-0.39, 0.29) is 17.7 Å². The lowest BCUT2D eigenvalue weighted by Gasteiger charge is -2.30. The number of hydrogen-bond donors (Lipinski definition) is 1. The van der Waals surface area contributed by atoms with E-state index in [0.29, 0.717) is 6.04 Å². The molecule has 0 spiro atoms. The molecule has 2 aliphatic heterocycles. The fraction of sp³-hybridized carbons (Fsp3) is 0.765. The lowest BCUT2D eigenvalue weighted by molar-refractivity contribution is -0.134. The molecule has 6 nitrogen and oxygen atoms in total. The molecule has 1 aromatic rings. The van der Waals surface area contributed by atoms with Crippen LogP contribution in [0.4, 0.5) is 0 Å². The minimum Gasteiger partial charge on any atom is -0.344 e. The molecule has 6 heteroatoms. The molecule has 0 bridgehead atoms. The van der Waals surface area contributed by atoms with E-state index in [1.807, 2.05) is 36.1 Å². The molecule has 0 saturated carbocycles. The fourth-order valence-electron chi connectivity index (χ4n) is 4.13. The number of nitrogens with one attached hydrogen (secondary N) is 1. The van der Waals surface area contributed by atoms with Gasteiger partial charge in [-0.2, -0.15) is 5.10 Å². The Morgan fingerprint density at radius 2 is 2.30 bits per heavy atom. The summed E-state index contributed by atoms with van der Waals surface area (Å²) in [7, 11) is 3.89. The van der Waals surface area contributed by atoms with Gasteiger partial charge in [-0.15, -0.1) is 0 Å². The summed E-state index contributed by atoms with van der Waals surface area (Å²) in [4.78, 5) is 17.4. The summed E-state index contributed by atoms with van der Waals surface area (Å²) in [6.45, 7) is 6.94. The SMILES string of the molecule is CCN1CCCC1CN(C)C(=O)[C@H]1CNC[C@@H]1c1cnn(C)c1. The molecular weight excluding hydrogens is 290 g/mol. The fourth-order valence-corrected chi connectivity index (χ4v) is 4.13. The third kappa shape index (κ3) is 3.43. The van der Waals surface area contributed by atoms with Crippen LogP contribution in [0.3, 0.4) is 0 Å². The predicted octanol–water partition coefficient (Wildman–Crippen LogP) is 0.666. The van der Waals surface area contributed by atoms with Crippen molar-refractivity contribution >= 4 is 5.91 Å². The number of amides is 1. The number of aromatic nitrogens is 2. The van der Waals surface area contributed by atoms with E-state index in [1.165, 1.54) is 24.9 Å². The molecule has 1 unspecified atom stereocenters. The highest BCUT2D eigenvalue weighted by atomic mass is 16.2. The average molecular weight is 319 g/mol. The molecule has 1 N–H and O–H groups in total. The van der Waals surface area contributed by atoms with E-state index in [2.05, 4.69) is 22.2 Å². The van der Waals surface area contributed by atoms with Crippen LogP contribution in [0, 0.1) is 5.92 Å². The van der Waals surface area contributed by atoms with E-state index < -0.39 is 0 Å². The summed E-state index contributed by atoms with van der Waals surface area (Å²) in [5.74, 6) is 0.539. The summed E-state index contributed by atoms with van der Waals surface area (Å²) in [5, 5.41) is 7.65. The van der Waals surface area contributed by atoms with Crippen LogP contribution in [0.15, 0.2) is 12.4 Å². The largest absolute Gasteiger partial charge is 0.344 e. The third-order valence-corrected chi connectivity index (χ3v) is 5.45. The Labute approximate surface area is 138 Å². The smallest absolute Gasteiger partial charge is 0.227 e. The van der Waals surface area contributed by atoms with Gasteiger partial charge in [0.1, 0.15) is 0 Å². The Hall–Kier alpha value is -1.40. The van der Waals surface area contributed by atoms with Crippen LogP contribution in [0.2, 0.25) is 0 Å². The van der Waals surface area contributed by atoms with Crippen LogP contribution in [0.25, 0.3) is 0 Å². The number of likely N-dealkylation sites (N-methyl/N-ethyl adjacent to an activating group) is 2. The molecule has 0 aromatic carbocycles. The predicted molar refractivity (Wildman–Crippen MR) is 90.2 cm³/mol. The van der Waals surface area contributed by atoms with Crippen LogP contribution in [-0.4, -0.2) is 71.3 Å². The van der Waals surface area contributed by atoms with Crippen molar-refractivity contribution < 1.29 is 4.79 Å². The first kappa shape index (κ1) is 16.5. The summed E-state index contributed by atoms with van der Waals surface area (Å²) in [6, 6.07) is 0.528. The quantitative estimate of drug-likeness (QED) is 0.866. The molecule has 128 valence electrons. The molecule has 3 rings (SSSR count). The highest BCUT2D eigenvalue weighted by molar-refractivity contribution is 5.80. The van der Waals surface area contributed by atoms with Crippen molar-refractivity contribution in [3.05, 3.63) is 18.0 Å². The second-order valence-corrected chi connectivity index (χ2v) is 6.96. The first-order valence-corrected chi connectivity index (χ1v) is 8.78. The van der Waals surface area contributed by atoms with E-state index in [9.17, 15) is 4.79 Å². The van der Waals surface area contributed by atoms with Crippen molar-refractivity contribution in [2.45, 2.75) is 31.7 Å². The van der Waals surface area contributed by atoms with Crippen molar-refractivity contribution in [1.29, 1.82) is 0 Å². The Kier molecular flexibility index (Phi) is 5.02. The molecule has 2 saturated heterocycles. The Morgan fingerprint density at radius 3 is 3.00 bits per heavy atom. The molecule has 3 heterocycles. The van der Waals surface area contributed by atoms with Crippen LogP contribution < -0.4 is 5.32 Å². The highest BCUT2D eigenvalue weighted by Crippen LogP contribution is 2.29. The van der Waals surface area contributed by atoms with Crippen LogP contribution in [0.1, 0.15) is 31.2 Å². The first-order chi connectivity index (χ1) is 11.1. The van der Waals surface area contributed by atoms with Crippen LogP contribution in [-0.2, 0) is 11.8 Å². The van der Waals surface area contributed by atoms with E-state index in [4.69, 9.17) is 0 Å². The van der Waals surface area contributed by atoms with Gasteiger partial charge in [-0.1, -0.05) is 6.92 Å². The molecule has 2 fully saturated rings. The Morgan fingerprint density at radius 1 is 1.48 bits per heavy atom. The lowest BCUT2D eigenvalue weighted by Crippen LogP contribution is -2.44. The Bertz CT molecular complexity index is 543. The van der Waals surface area contributed by atoms with E-state index >= 15 is 0 Å². The van der Waals surface area contributed by atoms with Gasteiger partial charge in [0.15, 0.2) is 0 Å². The van der Waals surface area contributed by atoms with Crippen molar-refractivity contribution in [2.24, 2.45) is 13.0 Å². The number of nitrogens with zero attached hydrogens (tertiary/aromatic N) is 4. The zero-order valence-electron chi connectivity index (χ0n) is 14.5. The number of hydrogen-bond acceptors (Lipinski definition) is 4. The van der Waals surface area contributed by atoms with Crippen molar-refractivity contribution in [2.75, 3.05) is 39.8 Å². The van der Waals surface area contributed by atoms with Crippen LogP contribution in [0.5, 0.6) is 0 Å². The van der Waals surface area contributed by atoms with Gasteiger partial charge in [-0.05, 0) is 31.5 Å². The van der Waals surface area contributed by atoms with Crippen molar-refractivity contribution in [1.82, 2.24) is 24.9 Å². The van der Waals surface area contributed by atoms with Crippen LogP contribution >= 0.6 is 0 Å². The maximum absolute atomic E-state index is 13.0. The van der Waals surface area contributed by atoms with E-state index in [1.54, 1.807) is 0 Å². The summed E-state index contributed by atoms with van der Waals surface area (Å²) >= 11 is 0. The average Bonchev–Trinajstić information content (AvgIpc) is 3.25. The van der Waals surface area contributed by atoms with E-state index in [0.717, 1.165) is 26.2 Å². The Balaban J connectivity index is 1.64. The number of likely N-dealkylation sites (tertiary alicyclic amines) is 1. The maximum Gasteiger partial charge on any atom is 0.227 e. The van der Waals surface area contributed by atoms with Crippen molar-refractivity contribution in [3.8, 4) is 0 Å². The third-order valence-electron chi connectivity index (χ3n) is 5.45. The number of carbonyl (C=O) groups is 1. The minimum absolute atomic E-state index is 0.0284. The normalized spacial score (nSPS) is 28.4. The number of carbonyl (C=O) groups excluding carboxylic acids is 1. The zero-order chi connectivity index (χ0) is 16.4.